The number of carbonyl (C=O) groups is 2. The SMILES string of the molecule is CC(C)Cc1cc(OC(F)(F)F)ccc1S(=O)(=O)NC[C@@H](O)[C@H](Cc1ccccc1)NC(=O)C1COC(=O)N1c1cccc(C(F)(F)F)c1. The molecule has 0 aliphatic carbocycles. The summed E-state index contributed by atoms with van der Waals surface area (Å²) >= 11 is 0. The van der Waals surface area contributed by atoms with Crippen LogP contribution in [0.1, 0.15) is 30.5 Å². The van der Waals surface area contributed by atoms with E-state index in [0.29, 0.717) is 11.6 Å². The molecule has 3 aromatic rings. The first-order valence-corrected chi connectivity index (χ1v) is 16.4. The van der Waals surface area contributed by atoms with E-state index in [1.54, 1.807) is 44.2 Å². The maximum Gasteiger partial charge on any atom is 0.573 e. The lowest BCUT2D eigenvalue weighted by molar-refractivity contribution is -0.274. The van der Waals surface area contributed by atoms with Crippen molar-refractivity contribution in [3.8, 4) is 5.75 Å². The van der Waals surface area contributed by atoms with Crippen LogP contribution in [0.3, 0.4) is 0 Å². The van der Waals surface area contributed by atoms with E-state index in [1.165, 1.54) is 6.07 Å². The molecule has 0 saturated carbocycles. The van der Waals surface area contributed by atoms with Gasteiger partial charge in [-0.05, 0) is 66.3 Å². The highest BCUT2D eigenvalue weighted by molar-refractivity contribution is 7.89. The van der Waals surface area contributed by atoms with Gasteiger partial charge in [0.2, 0.25) is 15.9 Å². The molecule has 3 aromatic carbocycles. The topological polar surface area (TPSA) is 134 Å². The molecule has 4 rings (SSSR count). The van der Waals surface area contributed by atoms with Crippen LogP contribution in [0.2, 0.25) is 0 Å². The zero-order valence-corrected chi connectivity index (χ0v) is 26.9. The summed E-state index contributed by atoms with van der Waals surface area (Å²) in [5.74, 6) is -1.67. The molecule has 1 saturated heterocycles. The summed E-state index contributed by atoms with van der Waals surface area (Å²) in [7, 11) is -4.44. The highest BCUT2D eigenvalue weighted by atomic mass is 32.2. The molecule has 0 bridgehead atoms. The second-order valence-corrected chi connectivity index (χ2v) is 13.4. The van der Waals surface area contributed by atoms with Crippen LogP contribution in [0.15, 0.2) is 77.7 Å². The van der Waals surface area contributed by atoms with Crippen LogP contribution in [0, 0.1) is 5.92 Å². The number of benzene rings is 3. The third kappa shape index (κ3) is 10.1. The summed E-state index contributed by atoms with van der Waals surface area (Å²) in [6.45, 7) is 2.28. The number of cyclic esters (lactones) is 1. The van der Waals surface area contributed by atoms with E-state index in [0.717, 1.165) is 35.2 Å². The molecular weight excluding hydrogens is 684 g/mol. The Morgan fingerprint density at radius 1 is 1.00 bits per heavy atom. The van der Waals surface area contributed by atoms with E-state index in [9.17, 15) is 49.5 Å². The Balaban J connectivity index is 1.56. The number of carbonyl (C=O) groups excluding carboxylic acids is 2. The Bertz CT molecular complexity index is 1740. The van der Waals surface area contributed by atoms with Gasteiger partial charge < -0.3 is 19.9 Å². The highest BCUT2D eigenvalue weighted by Gasteiger charge is 2.42. The second-order valence-electron chi connectivity index (χ2n) is 11.7. The third-order valence-corrected chi connectivity index (χ3v) is 8.91. The van der Waals surface area contributed by atoms with E-state index in [2.05, 4.69) is 14.8 Å². The van der Waals surface area contributed by atoms with E-state index < -0.39 is 77.2 Å². The van der Waals surface area contributed by atoms with Gasteiger partial charge in [-0.25, -0.2) is 17.9 Å². The predicted octanol–water partition coefficient (Wildman–Crippen LogP) is 5.19. The zero-order chi connectivity index (χ0) is 36.1. The number of nitrogens with zero attached hydrogens (tertiary/aromatic N) is 1. The molecule has 2 amide bonds. The molecule has 1 aliphatic heterocycles. The first kappa shape index (κ1) is 37.5. The van der Waals surface area contributed by atoms with Crippen LogP contribution in [0.5, 0.6) is 5.75 Å². The molecule has 0 aromatic heterocycles. The minimum atomic E-state index is -5.00. The second kappa shape index (κ2) is 15.0. The molecule has 1 aliphatic rings. The van der Waals surface area contributed by atoms with Crippen molar-refractivity contribution in [2.24, 2.45) is 5.92 Å². The summed E-state index contributed by atoms with van der Waals surface area (Å²) < 4.78 is 116. The monoisotopic (exact) mass is 717 g/mol. The average molecular weight is 718 g/mol. The van der Waals surface area contributed by atoms with E-state index in [1.807, 2.05) is 0 Å². The number of sulfonamides is 1. The van der Waals surface area contributed by atoms with Gasteiger partial charge in [-0.3, -0.25) is 9.69 Å². The zero-order valence-electron chi connectivity index (χ0n) is 26.1. The number of hydrogen-bond acceptors (Lipinski definition) is 7. The van der Waals surface area contributed by atoms with Crippen LogP contribution in [-0.2, 0) is 38.6 Å². The molecule has 10 nitrogen and oxygen atoms in total. The first-order valence-electron chi connectivity index (χ1n) is 14.9. The molecule has 266 valence electrons. The van der Waals surface area contributed by atoms with Gasteiger partial charge in [-0.1, -0.05) is 50.2 Å². The van der Waals surface area contributed by atoms with E-state index in [4.69, 9.17) is 4.74 Å². The number of halogens is 6. The van der Waals surface area contributed by atoms with Crippen molar-refractivity contribution < 1.29 is 58.9 Å². The number of nitrogens with one attached hydrogen (secondary N) is 2. The summed E-state index contributed by atoms with van der Waals surface area (Å²) in [6.07, 6.45) is -12.4. The van der Waals surface area contributed by atoms with Crippen LogP contribution in [0.25, 0.3) is 0 Å². The molecule has 3 atom stereocenters. The summed E-state index contributed by atoms with van der Waals surface area (Å²) in [4.78, 5) is 26.5. The van der Waals surface area contributed by atoms with Crippen molar-refractivity contribution in [3.63, 3.8) is 0 Å². The van der Waals surface area contributed by atoms with Crippen molar-refractivity contribution in [1.29, 1.82) is 0 Å². The van der Waals surface area contributed by atoms with Crippen LogP contribution in [-0.4, -0.2) is 63.2 Å². The molecule has 1 unspecified atom stereocenters. The maximum absolute atomic E-state index is 13.5. The lowest BCUT2D eigenvalue weighted by atomic mass is 10.0. The van der Waals surface area contributed by atoms with Crippen molar-refractivity contribution >= 4 is 27.7 Å². The molecular formula is C32H33F6N3O7S. The molecule has 1 fully saturated rings. The van der Waals surface area contributed by atoms with Gasteiger partial charge in [-0.2, -0.15) is 13.2 Å². The highest BCUT2D eigenvalue weighted by Crippen LogP contribution is 2.33. The number of rotatable bonds is 13. The Morgan fingerprint density at radius 2 is 1.69 bits per heavy atom. The van der Waals surface area contributed by atoms with Crippen molar-refractivity contribution in [1.82, 2.24) is 10.0 Å². The third-order valence-electron chi connectivity index (χ3n) is 7.38. The standard InChI is InChI=1S/C32H33F6N3O7S/c1-19(2)13-21-15-24(48-32(36,37)38)11-12-28(21)49(45,46)39-17-27(42)25(14-20-7-4-3-5-8-20)40-29(43)26-18-47-30(44)41(26)23-10-6-9-22(16-23)31(33,34)35/h3-12,15-16,19,25-27,39,42H,13-14,17-18H2,1-2H3,(H,40,43)/t25-,26?,27+/m0/s1. The molecule has 0 spiro atoms. The average Bonchev–Trinajstić information content (AvgIpc) is 3.40. The van der Waals surface area contributed by atoms with Crippen molar-refractivity contribution in [3.05, 3.63) is 89.5 Å². The Kier molecular flexibility index (Phi) is 11.5. The summed E-state index contributed by atoms with van der Waals surface area (Å²) in [6, 6.07) is 12.3. The Morgan fingerprint density at radius 3 is 2.33 bits per heavy atom. The van der Waals surface area contributed by atoms with Crippen molar-refractivity contribution in [2.45, 2.75) is 62.3 Å². The largest absolute Gasteiger partial charge is 0.573 e. The number of hydrogen-bond donors (Lipinski definition) is 3. The predicted molar refractivity (Wildman–Crippen MR) is 164 cm³/mol. The minimum absolute atomic E-state index is 0.0356. The summed E-state index contributed by atoms with van der Waals surface area (Å²) in [5.41, 5.74) is -0.669. The number of aliphatic hydroxyl groups is 1. The number of ether oxygens (including phenoxy) is 2. The molecule has 17 heteroatoms. The Labute approximate surface area is 278 Å². The first-order chi connectivity index (χ1) is 22.8. The fourth-order valence-electron chi connectivity index (χ4n) is 5.19. The number of amides is 2. The lowest BCUT2D eigenvalue weighted by Crippen LogP contribution is -2.54. The van der Waals surface area contributed by atoms with E-state index in [-0.39, 0.29) is 34.9 Å². The molecule has 1 heterocycles. The Hall–Kier alpha value is -4.35. The molecule has 3 N–H and O–H groups in total. The molecule has 0 radical (unpaired) electrons. The van der Waals surface area contributed by atoms with Crippen LogP contribution >= 0.6 is 0 Å². The van der Waals surface area contributed by atoms with Gasteiger partial charge in [0.15, 0.2) is 6.04 Å². The molecule has 49 heavy (non-hydrogen) atoms. The quantitative estimate of drug-likeness (QED) is 0.207. The van der Waals surface area contributed by atoms with Gasteiger partial charge in [0.25, 0.3) is 0 Å². The van der Waals surface area contributed by atoms with Crippen molar-refractivity contribution in [2.75, 3.05) is 18.1 Å². The summed E-state index contributed by atoms with van der Waals surface area (Å²) in [5, 5.41) is 13.8. The minimum Gasteiger partial charge on any atom is -0.446 e. The van der Waals surface area contributed by atoms with Crippen LogP contribution < -0.4 is 19.7 Å². The van der Waals surface area contributed by atoms with Gasteiger partial charge in [-0.15, -0.1) is 13.2 Å². The maximum atomic E-state index is 13.5. The normalized spacial score (nSPS) is 16.7. The fourth-order valence-corrected chi connectivity index (χ4v) is 6.47. The number of aliphatic hydroxyl groups excluding tert-OH is 1. The number of alkyl halides is 6. The van der Waals surface area contributed by atoms with Crippen LogP contribution in [0.4, 0.5) is 36.8 Å². The van der Waals surface area contributed by atoms with Gasteiger partial charge in [0, 0.05) is 12.2 Å². The van der Waals surface area contributed by atoms with Gasteiger partial charge >= 0.3 is 18.6 Å². The number of anilines is 1. The smallest absolute Gasteiger partial charge is 0.446 e. The lowest BCUT2D eigenvalue weighted by Gasteiger charge is -2.28. The van der Waals surface area contributed by atoms with Gasteiger partial charge in [0.05, 0.1) is 22.6 Å². The fraction of sp³-hybridized carbons (Fsp3) is 0.375. The van der Waals surface area contributed by atoms with Gasteiger partial charge in [0.1, 0.15) is 12.4 Å². The van der Waals surface area contributed by atoms with E-state index >= 15 is 0 Å².